The number of rotatable bonds is 6. The molecule has 0 atom stereocenters. The summed E-state index contributed by atoms with van der Waals surface area (Å²) in [7, 11) is 0. The van der Waals surface area contributed by atoms with Gasteiger partial charge in [-0.25, -0.2) is 8.78 Å². The molecule has 3 heterocycles. The number of hydrogen-bond donors (Lipinski definition) is 0. The van der Waals surface area contributed by atoms with Crippen LogP contribution in [0, 0.1) is 29.9 Å². The first-order chi connectivity index (χ1) is 19.7. The van der Waals surface area contributed by atoms with Gasteiger partial charge in [0.2, 0.25) is 0 Å². The van der Waals surface area contributed by atoms with Crippen molar-refractivity contribution in [2.75, 3.05) is 36.0 Å². The van der Waals surface area contributed by atoms with Gasteiger partial charge in [0.1, 0.15) is 33.4 Å². The van der Waals surface area contributed by atoms with Crippen molar-refractivity contribution in [3.63, 3.8) is 0 Å². The van der Waals surface area contributed by atoms with Gasteiger partial charge in [-0.1, -0.05) is 36.1 Å². The number of piperazine rings is 1. The normalized spacial score (nSPS) is 16.6. The summed E-state index contributed by atoms with van der Waals surface area (Å²) in [5.41, 5.74) is 2.45. The summed E-state index contributed by atoms with van der Waals surface area (Å²) in [5, 5.41) is 9.85. The number of carbonyl (C=O) groups excluding carboxylic acids is 1. The molecule has 2 aromatic carbocycles. The number of aromatic nitrogens is 1. The molecule has 0 unspecified atom stereocenters. The predicted octanol–water partition coefficient (Wildman–Crippen LogP) is 5.05. The van der Waals surface area contributed by atoms with Crippen LogP contribution in [0.15, 0.2) is 58.2 Å². The Kier molecular flexibility index (Phi) is 8.24. The fourth-order valence-corrected chi connectivity index (χ4v) is 6.38. The molecule has 5 rings (SSSR count). The third-order valence-corrected chi connectivity index (χ3v) is 8.71. The molecular formula is C30H27F2N5O2S2. The summed E-state index contributed by atoms with van der Waals surface area (Å²) in [4.78, 5) is 32.9. The van der Waals surface area contributed by atoms with Gasteiger partial charge in [-0.3, -0.25) is 19.1 Å². The summed E-state index contributed by atoms with van der Waals surface area (Å²) in [5.74, 6) is -0.292. The Labute approximate surface area is 246 Å². The quantitative estimate of drug-likeness (QED) is 0.293. The van der Waals surface area contributed by atoms with Gasteiger partial charge in [0.15, 0.2) is 0 Å². The van der Waals surface area contributed by atoms with Crippen LogP contribution < -0.4 is 15.4 Å². The van der Waals surface area contributed by atoms with Gasteiger partial charge in [-0.15, -0.1) is 0 Å². The number of benzene rings is 2. The molecule has 0 N–H and O–H groups in total. The zero-order valence-corrected chi connectivity index (χ0v) is 24.2. The molecule has 41 heavy (non-hydrogen) atoms. The number of pyridine rings is 1. The Bertz CT molecular complexity index is 1640. The van der Waals surface area contributed by atoms with Gasteiger partial charge in [-0.05, 0) is 67.4 Å². The Morgan fingerprint density at radius 3 is 2.15 bits per heavy atom. The molecule has 0 aliphatic carbocycles. The highest BCUT2D eigenvalue weighted by atomic mass is 32.2. The summed E-state index contributed by atoms with van der Waals surface area (Å²) in [6.07, 6.45) is 1.73. The van der Waals surface area contributed by atoms with Crippen LogP contribution in [0.5, 0.6) is 0 Å². The predicted molar refractivity (Wildman–Crippen MR) is 162 cm³/mol. The van der Waals surface area contributed by atoms with Gasteiger partial charge in [0, 0.05) is 44.0 Å². The Morgan fingerprint density at radius 2 is 1.56 bits per heavy atom. The van der Waals surface area contributed by atoms with E-state index in [9.17, 15) is 23.6 Å². The number of thioether (sulfide) groups is 1. The molecule has 0 spiro atoms. The Balaban J connectivity index is 1.50. The second kappa shape index (κ2) is 11.8. The van der Waals surface area contributed by atoms with Crippen molar-refractivity contribution in [2.24, 2.45) is 0 Å². The van der Waals surface area contributed by atoms with Gasteiger partial charge < -0.3 is 9.80 Å². The molecule has 7 nitrogen and oxygen atoms in total. The van der Waals surface area contributed by atoms with E-state index < -0.39 is 0 Å². The number of hydrogen-bond acceptors (Lipinski definition) is 7. The topological polar surface area (TPSA) is 72.6 Å². The van der Waals surface area contributed by atoms with Crippen LogP contribution in [0.1, 0.15) is 29.2 Å². The molecular weight excluding hydrogens is 564 g/mol. The first-order valence-corrected chi connectivity index (χ1v) is 14.4. The lowest BCUT2D eigenvalue weighted by atomic mass is 10.0. The van der Waals surface area contributed by atoms with Gasteiger partial charge in [0.25, 0.3) is 11.5 Å². The molecule has 2 aliphatic heterocycles. The molecule has 1 amide bonds. The lowest BCUT2D eigenvalue weighted by molar-refractivity contribution is -0.122. The van der Waals surface area contributed by atoms with E-state index in [0.29, 0.717) is 58.9 Å². The molecule has 0 bridgehead atoms. The van der Waals surface area contributed by atoms with Crippen molar-refractivity contribution in [1.82, 2.24) is 9.47 Å². The van der Waals surface area contributed by atoms with Gasteiger partial charge >= 0.3 is 0 Å². The minimum atomic E-state index is -0.371. The van der Waals surface area contributed by atoms with Gasteiger partial charge in [0.05, 0.1) is 11.4 Å². The fraction of sp³-hybridized carbons (Fsp3) is 0.267. The lowest BCUT2D eigenvalue weighted by Crippen LogP contribution is -2.48. The SMILES string of the molecule is CCn1c(N2CCN(c3ccc(F)cc3)CC2)c(/C=C2/SC(=S)N(Cc3ccc(F)cc3)C2=O)c(C)c(C#N)c1=O. The van der Waals surface area contributed by atoms with Crippen LogP contribution in [-0.2, 0) is 17.9 Å². The van der Waals surface area contributed by atoms with Crippen LogP contribution >= 0.6 is 24.0 Å². The fourth-order valence-electron chi connectivity index (χ4n) is 5.15. The maximum atomic E-state index is 13.5. The maximum Gasteiger partial charge on any atom is 0.270 e. The number of nitriles is 1. The van der Waals surface area contributed by atoms with E-state index in [1.165, 1.54) is 29.2 Å². The van der Waals surface area contributed by atoms with Crippen molar-refractivity contribution in [3.05, 3.63) is 97.7 Å². The molecule has 3 aromatic rings. The van der Waals surface area contributed by atoms with E-state index in [1.54, 1.807) is 41.8 Å². The third-order valence-electron chi connectivity index (χ3n) is 7.34. The van der Waals surface area contributed by atoms with Gasteiger partial charge in [-0.2, -0.15) is 5.26 Å². The standard InChI is InChI=1S/C30H27F2N5O2S2/c1-3-36-27(35-14-12-34(13-15-35)23-10-8-22(32)9-11-23)24(19(2)25(17-33)28(36)38)16-26-29(39)37(30(40)41-26)18-20-4-6-21(31)7-5-20/h4-11,16H,3,12-15,18H2,1-2H3/b26-16+. The summed E-state index contributed by atoms with van der Waals surface area (Å²) in [6, 6.07) is 14.3. The number of carbonyl (C=O) groups is 1. The number of halogens is 2. The van der Waals surface area contributed by atoms with Crippen LogP contribution in [0.4, 0.5) is 20.3 Å². The monoisotopic (exact) mass is 591 g/mol. The number of amides is 1. The second-order valence-electron chi connectivity index (χ2n) is 9.74. The molecule has 1 aromatic heterocycles. The minimum absolute atomic E-state index is 0.0357. The minimum Gasteiger partial charge on any atom is -0.368 e. The zero-order valence-electron chi connectivity index (χ0n) is 22.6. The van der Waals surface area contributed by atoms with E-state index in [4.69, 9.17) is 12.2 Å². The molecule has 210 valence electrons. The van der Waals surface area contributed by atoms with Crippen molar-refractivity contribution in [1.29, 1.82) is 5.26 Å². The first-order valence-electron chi connectivity index (χ1n) is 13.1. The summed E-state index contributed by atoms with van der Waals surface area (Å²) < 4.78 is 28.8. The Morgan fingerprint density at radius 1 is 0.976 bits per heavy atom. The lowest BCUT2D eigenvalue weighted by Gasteiger charge is -2.39. The number of nitrogens with zero attached hydrogens (tertiary/aromatic N) is 5. The maximum absolute atomic E-state index is 13.5. The molecule has 0 radical (unpaired) electrons. The van der Waals surface area contributed by atoms with E-state index in [0.717, 1.165) is 23.0 Å². The second-order valence-corrected chi connectivity index (χ2v) is 11.4. The van der Waals surface area contributed by atoms with Crippen molar-refractivity contribution in [2.45, 2.75) is 26.9 Å². The van der Waals surface area contributed by atoms with Crippen molar-refractivity contribution >= 4 is 51.8 Å². The molecule has 11 heteroatoms. The van der Waals surface area contributed by atoms with Crippen LogP contribution in [-0.4, -0.2) is 45.9 Å². The average Bonchev–Trinajstić information content (AvgIpc) is 3.23. The third kappa shape index (κ3) is 5.62. The highest BCUT2D eigenvalue weighted by Gasteiger charge is 2.33. The van der Waals surface area contributed by atoms with Crippen molar-refractivity contribution < 1.29 is 13.6 Å². The largest absolute Gasteiger partial charge is 0.368 e. The van der Waals surface area contributed by atoms with Crippen LogP contribution in [0.3, 0.4) is 0 Å². The smallest absolute Gasteiger partial charge is 0.270 e. The Hall–Kier alpha value is -4.01. The van der Waals surface area contributed by atoms with E-state index >= 15 is 0 Å². The zero-order chi connectivity index (χ0) is 29.3. The molecule has 2 saturated heterocycles. The molecule has 2 aliphatic rings. The summed E-state index contributed by atoms with van der Waals surface area (Å²) in [6.45, 7) is 6.56. The average molecular weight is 592 g/mol. The van der Waals surface area contributed by atoms with E-state index in [2.05, 4.69) is 15.9 Å². The highest BCUT2D eigenvalue weighted by Crippen LogP contribution is 2.37. The molecule has 0 saturated carbocycles. The van der Waals surface area contributed by atoms with Crippen LogP contribution in [0.25, 0.3) is 6.08 Å². The number of anilines is 2. The summed E-state index contributed by atoms with van der Waals surface area (Å²) >= 11 is 6.68. The first kappa shape index (κ1) is 28.5. The highest BCUT2D eigenvalue weighted by molar-refractivity contribution is 8.26. The van der Waals surface area contributed by atoms with E-state index in [1.807, 2.05) is 6.92 Å². The molecule has 2 fully saturated rings. The number of thiocarbonyl (C=S) groups is 1. The van der Waals surface area contributed by atoms with Crippen LogP contribution in [0.2, 0.25) is 0 Å². The van der Waals surface area contributed by atoms with E-state index in [-0.39, 0.29) is 35.2 Å². The van der Waals surface area contributed by atoms with Crippen molar-refractivity contribution in [3.8, 4) is 6.07 Å².